The molecule has 0 saturated heterocycles. The lowest BCUT2D eigenvalue weighted by Crippen LogP contribution is -2.29. The van der Waals surface area contributed by atoms with Crippen LogP contribution < -0.4 is 5.32 Å². The molecule has 4 rings (SSSR count). The van der Waals surface area contributed by atoms with Crippen molar-refractivity contribution in [3.63, 3.8) is 0 Å². The van der Waals surface area contributed by atoms with Crippen LogP contribution in [0.15, 0.2) is 42.7 Å². The molecule has 0 saturated carbocycles. The Bertz CT molecular complexity index is 826. The van der Waals surface area contributed by atoms with Gasteiger partial charge in [0.2, 0.25) is 0 Å². The zero-order valence-corrected chi connectivity index (χ0v) is 14.1. The lowest BCUT2D eigenvalue weighted by atomic mass is 9.99. The minimum atomic E-state index is -0.189. The van der Waals surface area contributed by atoms with Gasteiger partial charge in [0.1, 0.15) is 18.0 Å². The number of nitrogens with zero attached hydrogens (tertiary/aromatic N) is 3. The molecule has 1 aliphatic rings. The minimum absolute atomic E-state index is 0.189. The van der Waals surface area contributed by atoms with E-state index in [1.165, 1.54) is 10.9 Å². The van der Waals surface area contributed by atoms with Gasteiger partial charge in [-0.1, -0.05) is 12.1 Å². The maximum Gasteiger partial charge on any atom is 0.132 e. The summed E-state index contributed by atoms with van der Waals surface area (Å²) >= 11 is 1.72. The second-order valence-corrected chi connectivity index (χ2v) is 7.38. The number of aromatic nitrogens is 3. The molecule has 4 nitrogen and oxygen atoms in total. The van der Waals surface area contributed by atoms with Crippen LogP contribution in [0.2, 0.25) is 0 Å². The summed E-state index contributed by atoms with van der Waals surface area (Å²) in [6.45, 7) is 2.84. The standard InChI is InChI=1S/C18H19FN4S/c19-15-3-1-2-14(8-15)17-6-5-16(24-17)10-20-9-13-4-7-18-22-21-12-23(18)11-13/h1-3,5-6,8,12-13,20H,4,7,9-11H2/t13-/m1/s1. The molecule has 0 radical (unpaired) electrons. The Labute approximate surface area is 144 Å². The van der Waals surface area contributed by atoms with Crippen molar-refractivity contribution in [3.8, 4) is 10.4 Å². The number of hydrogen-bond acceptors (Lipinski definition) is 4. The van der Waals surface area contributed by atoms with Crippen LogP contribution in [0.5, 0.6) is 0 Å². The summed E-state index contributed by atoms with van der Waals surface area (Å²) < 4.78 is 15.5. The smallest absolute Gasteiger partial charge is 0.132 e. The fourth-order valence-electron chi connectivity index (χ4n) is 3.16. The van der Waals surface area contributed by atoms with Crippen molar-refractivity contribution in [3.05, 3.63) is 59.2 Å². The van der Waals surface area contributed by atoms with Gasteiger partial charge in [0, 0.05) is 35.8 Å². The first kappa shape index (κ1) is 15.5. The van der Waals surface area contributed by atoms with Crippen LogP contribution in [-0.2, 0) is 19.5 Å². The fourth-order valence-corrected chi connectivity index (χ4v) is 4.14. The second kappa shape index (κ2) is 6.83. The molecule has 1 N–H and O–H groups in total. The number of rotatable bonds is 5. The van der Waals surface area contributed by atoms with Crippen LogP contribution in [0.25, 0.3) is 10.4 Å². The van der Waals surface area contributed by atoms with Crippen LogP contribution in [0.3, 0.4) is 0 Å². The van der Waals surface area contributed by atoms with E-state index in [4.69, 9.17) is 0 Å². The molecule has 0 bridgehead atoms. The number of thiophene rings is 1. The largest absolute Gasteiger partial charge is 0.317 e. The van der Waals surface area contributed by atoms with E-state index in [-0.39, 0.29) is 5.82 Å². The van der Waals surface area contributed by atoms with Gasteiger partial charge in [0.15, 0.2) is 0 Å². The third-order valence-corrected chi connectivity index (χ3v) is 5.56. The highest BCUT2D eigenvalue weighted by Gasteiger charge is 2.19. The second-order valence-electron chi connectivity index (χ2n) is 6.21. The maximum absolute atomic E-state index is 13.3. The Morgan fingerprint density at radius 1 is 1.29 bits per heavy atom. The van der Waals surface area contributed by atoms with Gasteiger partial charge >= 0.3 is 0 Å². The van der Waals surface area contributed by atoms with Crippen molar-refractivity contribution in [2.24, 2.45) is 5.92 Å². The van der Waals surface area contributed by atoms with E-state index >= 15 is 0 Å². The summed E-state index contributed by atoms with van der Waals surface area (Å²) in [5.74, 6) is 1.53. The van der Waals surface area contributed by atoms with Gasteiger partial charge < -0.3 is 9.88 Å². The number of fused-ring (bicyclic) bond motifs is 1. The highest BCUT2D eigenvalue weighted by Crippen LogP contribution is 2.28. The summed E-state index contributed by atoms with van der Waals surface area (Å²) in [4.78, 5) is 2.38. The van der Waals surface area contributed by atoms with Gasteiger partial charge in [-0.2, -0.15) is 0 Å². The average Bonchev–Trinajstić information content (AvgIpc) is 3.23. The highest BCUT2D eigenvalue weighted by atomic mass is 32.1. The average molecular weight is 342 g/mol. The molecule has 0 fully saturated rings. The monoisotopic (exact) mass is 342 g/mol. The molecule has 24 heavy (non-hydrogen) atoms. The molecule has 6 heteroatoms. The van der Waals surface area contributed by atoms with Crippen molar-refractivity contribution in [1.29, 1.82) is 0 Å². The number of hydrogen-bond donors (Lipinski definition) is 1. The Hall–Kier alpha value is -2.05. The Balaban J connectivity index is 1.31. The fraction of sp³-hybridized carbons (Fsp3) is 0.333. The van der Waals surface area contributed by atoms with Gasteiger partial charge in [0.25, 0.3) is 0 Å². The number of benzene rings is 1. The van der Waals surface area contributed by atoms with E-state index in [1.807, 2.05) is 12.4 Å². The van der Waals surface area contributed by atoms with Gasteiger partial charge in [0.05, 0.1) is 0 Å². The normalized spacial score (nSPS) is 17.0. The lowest BCUT2D eigenvalue weighted by Gasteiger charge is -2.23. The maximum atomic E-state index is 13.3. The van der Waals surface area contributed by atoms with Gasteiger partial charge in [-0.15, -0.1) is 21.5 Å². The SMILES string of the molecule is Fc1cccc(-c2ccc(CNC[C@H]3CCc4nncn4C3)s2)c1. The van der Waals surface area contributed by atoms with E-state index in [9.17, 15) is 4.39 Å². The number of nitrogens with one attached hydrogen (secondary N) is 1. The predicted molar refractivity (Wildman–Crippen MR) is 93.3 cm³/mol. The third kappa shape index (κ3) is 3.39. The molecule has 0 aliphatic carbocycles. The molecule has 0 spiro atoms. The lowest BCUT2D eigenvalue weighted by molar-refractivity contribution is 0.348. The van der Waals surface area contributed by atoms with Crippen molar-refractivity contribution >= 4 is 11.3 Å². The molecule has 124 valence electrons. The molecule has 1 atom stereocenters. The minimum Gasteiger partial charge on any atom is -0.317 e. The van der Waals surface area contributed by atoms with Crippen LogP contribution >= 0.6 is 11.3 Å². The van der Waals surface area contributed by atoms with Crippen LogP contribution in [0.1, 0.15) is 17.1 Å². The molecule has 3 heterocycles. The zero-order valence-electron chi connectivity index (χ0n) is 13.3. The highest BCUT2D eigenvalue weighted by molar-refractivity contribution is 7.15. The molecule has 0 unspecified atom stereocenters. The molecule has 1 aromatic carbocycles. The van der Waals surface area contributed by atoms with E-state index in [2.05, 4.69) is 32.2 Å². The third-order valence-electron chi connectivity index (χ3n) is 4.43. The van der Waals surface area contributed by atoms with Crippen LogP contribution in [0.4, 0.5) is 4.39 Å². The zero-order chi connectivity index (χ0) is 16.4. The number of halogens is 1. The molecule has 1 aliphatic heterocycles. The van der Waals surface area contributed by atoms with Crippen molar-refractivity contribution in [2.45, 2.75) is 25.9 Å². The van der Waals surface area contributed by atoms with Crippen molar-refractivity contribution in [1.82, 2.24) is 20.1 Å². The van der Waals surface area contributed by atoms with Gasteiger partial charge in [-0.25, -0.2) is 4.39 Å². The van der Waals surface area contributed by atoms with Crippen LogP contribution in [-0.4, -0.2) is 21.3 Å². The van der Waals surface area contributed by atoms with E-state index < -0.39 is 0 Å². The Kier molecular flexibility index (Phi) is 4.40. The Morgan fingerprint density at radius 3 is 3.17 bits per heavy atom. The number of aryl methyl sites for hydroxylation is 1. The topological polar surface area (TPSA) is 42.7 Å². The van der Waals surface area contributed by atoms with Crippen molar-refractivity contribution < 1.29 is 4.39 Å². The predicted octanol–water partition coefficient (Wildman–Crippen LogP) is 3.50. The summed E-state index contributed by atoms with van der Waals surface area (Å²) in [5.41, 5.74) is 0.943. The molecular weight excluding hydrogens is 323 g/mol. The van der Waals surface area contributed by atoms with Gasteiger partial charge in [-0.05, 0) is 42.2 Å². The first-order chi connectivity index (χ1) is 11.8. The van der Waals surface area contributed by atoms with Crippen molar-refractivity contribution in [2.75, 3.05) is 6.54 Å². The summed E-state index contributed by atoms with van der Waals surface area (Å²) in [6.07, 6.45) is 3.99. The molecule has 0 amide bonds. The van der Waals surface area contributed by atoms with E-state index in [0.717, 1.165) is 48.7 Å². The molecule has 2 aromatic heterocycles. The molecule has 3 aromatic rings. The summed E-state index contributed by atoms with van der Waals surface area (Å²) in [5, 5.41) is 11.6. The summed E-state index contributed by atoms with van der Waals surface area (Å²) in [7, 11) is 0. The van der Waals surface area contributed by atoms with E-state index in [0.29, 0.717) is 5.92 Å². The first-order valence-electron chi connectivity index (χ1n) is 8.20. The molecular formula is C18H19FN4S. The Morgan fingerprint density at radius 2 is 2.25 bits per heavy atom. The quantitative estimate of drug-likeness (QED) is 0.772. The van der Waals surface area contributed by atoms with Crippen LogP contribution in [0, 0.1) is 11.7 Å². The first-order valence-corrected chi connectivity index (χ1v) is 9.01. The van der Waals surface area contributed by atoms with E-state index in [1.54, 1.807) is 23.5 Å². The summed E-state index contributed by atoms with van der Waals surface area (Å²) in [6, 6.07) is 11.0. The van der Waals surface area contributed by atoms with Gasteiger partial charge in [-0.3, -0.25) is 0 Å².